The molecule has 3 N–H and O–H groups in total. The highest BCUT2D eigenvalue weighted by atomic mass is 127. The average molecular weight is 407 g/mol. The van der Waals surface area contributed by atoms with Crippen molar-refractivity contribution in [3.63, 3.8) is 0 Å². The molecule has 0 aliphatic carbocycles. The monoisotopic (exact) mass is 406 g/mol. The second kappa shape index (κ2) is 5.22. The summed E-state index contributed by atoms with van der Waals surface area (Å²) >= 11 is 5.30. The Hall–Kier alpha value is -0.820. The predicted octanol–water partition coefficient (Wildman–Crippen LogP) is 4.52. The van der Waals surface area contributed by atoms with Crippen molar-refractivity contribution >= 4 is 55.6 Å². The molecule has 0 saturated heterocycles. The van der Waals surface area contributed by atoms with Gasteiger partial charge in [-0.1, -0.05) is 0 Å². The number of nitrogens with two attached hydrogens (primary N) is 1. The molecule has 0 atom stereocenters. The van der Waals surface area contributed by atoms with Crippen LogP contribution < -0.4 is 11.1 Å². The van der Waals surface area contributed by atoms with Gasteiger partial charge >= 0.3 is 0 Å². The lowest BCUT2D eigenvalue weighted by atomic mass is 10.2. The van der Waals surface area contributed by atoms with Crippen LogP contribution in [0.1, 0.15) is 0 Å². The highest BCUT2D eigenvalue weighted by Crippen LogP contribution is 2.26. The Balaban J connectivity index is 2.28. The minimum atomic E-state index is -0.306. The van der Waals surface area contributed by atoms with E-state index in [9.17, 15) is 4.39 Å². The van der Waals surface area contributed by atoms with Gasteiger partial charge in [0, 0.05) is 9.26 Å². The molecule has 0 bridgehead atoms. The number of nitrogen functional groups attached to an aromatic ring is 1. The van der Waals surface area contributed by atoms with Crippen LogP contribution in [0.5, 0.6) is 0 Å². The molecule has 0 aliphatic heterocycles. The van der Waals surface area contributed by atoms with Crippen molar-refractivity contribution < 1.29 is 4.39 Å². The molecule has 0 aromatic heterocycles. The van der Waals surface area contributed by atoms with Gasteiger partial charge in [-0.3, -0.25) is 0 Å². The van der Waals surface area contributed by atoms with E-state index in [4.69, 9.17) is 5.73 Å². The van der Waals surface area contributed by atoms with Crippen LogP contribution in [0.15, 0.2) is 40.9 Å². The van der Waals surface area contributed by atoms with E-state index in [2.05, 4.69) is 43.8 Å². The number of halogens is 3. The van der Waals surface area contributed by atoms with Gasteiger partial charge < -0.3 is 11.1 Å². The third-order valence-corrected chi connectivity index (χ3v) is 3.53. The summed E-state index contributed by atoms with van der Waals surface area (Å²) in [5.41, 5.74) is 7.94. The van der Waals surface area contributed by atoms with Crippen LogP contribution in [0.2, 0.25) is 0 Å². The smallest absolute Gasteiger partial charge is 0.139 e. The largest absolute Gasteiger partial charge is 0.397 e. The minimum Gasteiger partial charge on any atom is -0.397 e. The Morgan fingerprint density at radius 3 is 2.59 bits per heavy atom. The summed E-state index contributed by atoms with van der Waals surface area (Å²) in [5, 5.41) is 3.08. The lowest BCUT2D eigenvalue weighted by Crippen LogP contribution is -1.97. The van der Waals surface area contributed by atoms with E-state index in [1.807, 2.05) is 18.2 Å². The van der Waals surface area contributed by atoms with Gasteiger partial charge in [0.25, 0.3) is 0 Å². The minimum absolute atomic E-state index is 0.306. The van der Waals surface area contributed by atoms with E-state index in [-0.39, 0.29) is 5.82 Å². The van der Waals surface area contributed by atoms with Gasteiger partial charge in [-0.15, -0.1) is 0 Å². The molecular formula is C12H9BrFIN2. The quantitative estimate of drug-likeness (QED) is 0.568. The Kier molecular flexibility index (Phi) is 3.88. The van der Waals surface area contributed by atoms with Crippen molar-refractivity contribution in [2.45, 2.75) is 0 Å². The van der Waals surface area contributed by atoms with Crippen LogP contribution in [0, 0.1) is 9.39 Å². The van der Waals surface area contributed by atoms with E-state index >= 15 is 0 Å². The van der Waals surface area contributed by atoms with Crippen molar-refractivity contribution in [1.82, 2.24) is 0 Å². The Morgan fingerprint density at radius 1 is 1.18 bits per heavy atom. The molecule has 0 radical (unpaired) electrons. The van der Waals surface area contributed by atoms with Crippen LogP contribution in [-0.2, 0) is 0 Å². The van der Waals surface area contributed by atoms with E-state index in [0.717, 1.165) is 9.26 Å². The van der Waals surface area contributed by atoms with E-state index < -0.39 is 0 Å². The molecule has 2 rings (SSSR count). The average Bonchev–Trinajstić information content (AvgIpc) is 2.27. The lowest BCUT2D eigenvalue weighted by molar-refractivity contribution is 0.622. The van der Waals surface area contributed by atoms with Crippen LogP contribution in [-0.4, -0.2) is 0 Å². The molecule has 0 aliphatic rings. The number of rotatable bonds is 2. The summed E-state index contributed by atoms with van der Waals surface area (Å²) in [5.74, 6) is -0.306. The van der Waals surface area contributed by atoms with Crippen LogP contribution in [0.4, 0.5) is 21.5 Å². The Labute approximate surface area is 121 Å². The fraction of sp³-hybridized carbons (Fsp3) is 0. The first-order valence-electron chi connectivity index (χ1n) is 4.83. The standard InChI is InChI=1S/C12H9BrFIN2/c13-9-3-2-8(6-10(9)14)17-12-4-1-7(15)5-11(12)16/h1-6,17H,16H2. The molecule has 0 amide bonds. The number of hydrogen-bond acceptors (Lipinski definition) is 2. The van der Waals surface area contributed by atoms with Gasteiger partial charge in [0.2, 0.25) is 0 Å². The van der Waals surface area contributed by atoms with Gasteiger partial charge in [0.15, 0.2) is 0 Å². The molecule has 0 spiro atoms. The zero-order chi connectivity index (χ0) is 12.4. The van der Waals surface area contributed by atoms with Crippen molar-refractivity contribution in [1.29, 1.82) is 0 Å². The second-order valence-electron chi connectivity index (χ2n) is 3.49. The Bertz CT molecular complexity index is 560. The first kappa shape index (κ1) is 12.6. The molecule has 88 valence electrons. The highest BCUT2D eigenvalue weighted by molar-refractivity contribution is 14.1. The maximum absolute atomic E-state index is 13.3. The zero-order valence-corrected chi connectivity index (χ0v) is 12.4. The number of anilines is 3. The van der Waals surface area contributed by atoms with E-state index in [0.29, 0.717) is 15.8 Å². The van der Waals surface area contributed by atoms with Crippen molar-refractivity contribution in [2.24, 2.45) is 0 Å². The fourth-order valence-corrected chi connectivity index (χ4v) is 2.14. The Morgan fingerprint density at radius 2 is 1.94 bits per heavy atom. The summed E-state index contributed by atoms with van der Waals surface area (Å²) in [6, 6.07) is 10.5. The lowest BCUT2D eigenvalue weighted by Gasteiger charge is -2.10. The summed E-state index contributed by atoms with van der Waals surface area (Å²) in [6.45, 7) is 0. The van der Waals surface area contributed by atoms with Gasteiger partial charge in [0.05, 0.1) is 15.8 Å². The molecular weight excluding hydrogens is 398 g/mol. The molecule has 2 nitrogen and oxygen atoms in total. The van der Waals surface area contributed by atoms with Gasteiger partial charge in [-0.25, -0.2) is 4.39 Å². The summed E-state index contributed by atoms with van der Waals surface area (Å²) in [6.07, 6.45) is 0. The van der Waals surface area contributed by atoms with Crippen molar-refractivity contribution in [2.75, 3.05) is 11.1 Å². The topological polar surface area (TPSA) is 38.0 Å². The molecule has 2 aromatic carbocycles. The normalized spacial score (nSPS) is 10.3. The second-order valence-corrected chi connectivity index (χ2v) is 5.59. The van der Waals surface area contributed by atoms with Gasteiger partial charge in [0.1, 0.15) is 5.82 Å². The summed E-state index contributed by atoms with van der Waals surface area (Å²) in [4.78, 5) is 0. The molecule has 5 heteroatoms. The third kappa shape index (κ3) is 3.10. The van der Waals surface area contributed by atoms with Crippen LogP contribution in [0.3, 0.4) is 0 Å². The maximum atomic E-state index is 13.3. The SMILES string of the molecule is Nc1cc(I)ccc1Nc1ccc(Br)c(F)c1. The molecule has 0 fully saturated rings. The number of benzene rings is 2. The van der Waals surface area contributed by atoms with Crippen molar-refractivity contribution in [3.8, 4) is 0 Å². The first-order chi connectivity index (χ1) is 8.06. The summed E-state index contributed by atoms with van der Waals surface area (Å²) in [7, 11) is 0. The molecule has 0 saturated carbocycles. The van der Waals surface area contributed by atoms with Gasteiger partial charge in [-0.05, 0) is 74.9 Å². The molecule has 2 aromatic rings. The maximum Gasteiger partial charge on any atom is 0.139 e. The third-order valence-electron chi connectivity index (χ3n) is 2.21. The zero-order valence-electron chi connectivity index (χ0n) is 8.68. The van der Waals surface area contributed by atoms with E-state index in [1.165, 1.54) is 6.07 Å². The van der Waals surface area contributed by atoms with Crippen molar-refractivity contribution in [3.05, 3.63) is 50.3 Å². The number of hydrogen-bond donors (Lipinski definition) is 2. The highest BCUT2D eigenvalue weighted by Gasteiger charge is 2.03. The first-order valence-corrected chi connectivity index (χ1v) is 6.70. The summed E-state index contributed by atoms with van der Waals surface area (Å²) < 4.78 is 14.8. The van der Waals surface area contributed by atoms with Crippen LogP contribution in [0.25, 0.3) is 0 Å². The molecule has 17 heavy (non-hydrogen) atoms. The molecule has 0 heterocycles. The molecule has 0 unspecified atom stereocenters. The number of nitrogens with one attached hydrogen (secondary N) is 1. The fourth-order valence-electron chi connectivity index (χ4n) is 1.38. The van der Waals surface area contributed by atoms with Crippen LogP contribution >= 0.6 is 38.5 Å². The van der Waals surface area contributed by atoms with E-state index in [1.54, 1.807) is 12.1 Å². The predicted molar refractivity (Wildman–Crippen MR) is 81.0 cm³/mol. The van der Waals surface area contributed by atoms with Gasteiger partial charge in [-0.2, -0.15) is 0 Å².